The molecule has 0 aliphatic carbocycles. The molecule has 8 aromatic carbocycles. The van der Waals surface area contributed by atoms with Crippen LogP contribution < -0.4 is 4.90 Å². The van der Waals surface area contributed by atoms with E-state index in [1.54, 1.807) is 0 Å². The van der Waals surface area contributed by atoms with Crippen molar-refractivity contribution in [2.75, 3.05) is 4.90 Å². The van der Waals surface area contributed by atoms with Crippen LogP contribution in [-0.4, -0.2) is 18.7 Å². The molecule has 0 atom stereocenters. The van der Waals surface area contributed by atoms with Crippen molar-refractivity contribution in [1.82, 2.24) is 18.7 Å². The number of anilines is 3. The maximum Gasteiger partial charge on any atom is 0.168 e. The van der Waals surface area contributed by atoms with E-state index < -0.39 is 0 Å². The largest absolute Gasteiger partial charge is 0.357 e. The molecule has 0 fully saturated rings. The fourth-order valence-electron chi connectivity index (χ4n) is 8.91. The molecule has 3 aromatic heterocycles. The third-order valence-corrected chi connectivity index (χ3v) is 11.7. The predicted molar refractivity (Wildman–Crippen MR) is 252 cm³/mol. The van der Waals surface area contributed by atoms with Gasteiger partial charge in [0, 0.05) is 56.3 Å². The number of aryl methyl sites for hydroxylation is 2. The zero-order valence-electron chi connectivity index (χ0n) is 34.2. The Morgan fingerprint density at radius 2 is 1.11 bits per heavy atom. The van der Waals surface area contributed by atoms with Crippen molar-refractivity contribution >= 4 is 49.9 Å². The quantitative estimate of drug-likeness (QED) is 0.142. The van der Waals surface area contributed by atoms with Crippen molar-refractivity contribution in [2.45, 2.75) is 13.8 Å². The van der Waals surface area contributed by atoms with Crippen molar-refractivity contribution in [3.05, 3.63) is 230 Å². The second kappa shape index (κ2) is 16.3. The molecule has 300 valence electrons. The van der Waals surface area contributed by atoms with Gasteiger partial charge < -0.3 is 9.47 Å². The number of fused-ring (bicyclic) bond motifs is 4. The van der Waals surface area contributed by atoms with E-state index >= 15 is 0 Å². The van der Waals surface area contributed by atoms with E-state index in [1.165, 1.54) is 11.1 Å². The standard InChI is InChI=1S/C56H40N5.Pt/c1-39-17-15-18-40(2)56(39)60(45-24-16-23-44(36-45)59-38-58(43-21-7-4-8-22-43)52-29-13-14-30-53(52)59)46-31-32-50-49-27-11-12-28-51(49)61(54(50)37-46)55-35-42(33-34-57-55)48-26-10-9-25-47(48)41-19-5-3-6-20-41;/h3-35,38H,1-2H3;/q-1;. The molecule has 0 aliphatic rings. The van der Waals surface area contributed by atoms with Gasteiger partial charge >= 0.3 is 0 Å². The molecule has 0 bridgehead atoms. The van der Waals surface area contributed by atoms with E-state index in [0.717, 1.165) is 89.3 Å². The molecule has 0 spiro atoms. The van der Waals surface area contributed by atoms with Gasteiger partial charge in [-0.15, -0.1) is 29.7 Å². The fraction of sp³-hybridized carbons (Fsp3) is 0.0357. The van der Waals surface area contributed by atoms with Crippen LogP contribution in [-0.2, 0) is 21.1 Å². The minimum atomic E-state index is 0. The molecule has 3 heterocycles. The monoisotopic (exact) mass is 977 g/mol. The second-order valence-electron chi connectivity index (χ2n) is 15.4. The summed E-state index contributed by atoms with van der Waals surface area (Å²) in [5, 5.41) is 2.26. The van der Waals surface area contributed by atoms with Gasteiger partial charge in [-0.3, -0.25) is 0 Å². The Kier molecular flexibility index (Phi) is 10.2. The Hall–Kier alpha value is -7.33. The van der Waals surface area contributed by atoms with Crippen LogP contribution in [0.3, 0.4) is 0 Å². The van der Waals surface area contributed by atoms with Crippen molar-refractivity contribution in [3.8, 4) is 39.4 Å². The zero-order valence-corrected chi connectivity index (χ0v) is 36.5. The summed E-state index contributed by atoms with van der Waals surface area (Å²) in [4.78, 5) is 7.35. The maximum atomic E-state index is 5.04. The third-order valence-electron chi connectivity index (χ3n) is 11.7. The van der Waals surface area contributed by atoms with Gasteiger partial charge in [-0.25, -0.2) is 9.55 Å². The first kappa shape index (κ1) is 38.8. The Morgan fingerprint density at radius 1 is 0.500 bits per heavy atom. The summed E-state index contributed by atoms with van der Waals surface area (Å²) >= 11 is 0. The predicted octanol–water partition coefficient (Wildman–Crippen LogP) is 14.2. The molecule has 0 saturated heterocycles. The molecule has 0 aliphatic heterocycles. The number of rotatable bonds is 8. The van der Waals surface area contributed by atoms with Crippen LogP contribution in [0.1, 0.15) is 11.1 Å². The van der Waals surface area contributed by atoms with Crippen LogP contribution >= 0.6 is 0 Å². The Balaban J connectivity index is 0.00000458. The normalized spacial score (nSPS) is 11.3. The van der Waals surface area contributed by atoms with Crippen LogP contribution in [0.4, 0.5) is 17.1 Å². The molecule has 5 nitrogen and oxygen atoms in total. The molecule has 62 heavy (non-hydrogen) atoms. The number of nitrogens with zero attached hydrogens (tertiary/aromatic N) is 5. The van der Waals surface area contributed by atoms with Crippen LogP contribution in [0.2, 0.25) is 0 Å². The number of aromatic nitrogens is 4. The van der Waals surface area contributed by atoms with Crippen LogP contribution in [0.25, 0.3) is 72.3 Å². The van der Waals surface area contributed by atoms with Crippen molar-refractivity contribution in [3.63, 3.8) is 0 Å². The number of imidazole rings is 1. The van der Waals surface area contributed by atoms with Gasteiger partial charge in [0.1, 0.15) is 11.5 Å². The number of para-hydroxylation sites is 5. The SMILES string of the molecule is Cc1cccc(C)c1N(c1[c-]c(-n2[cH+]n(-c3ccccc3)c3ccccc32)ccc1)c1[c-]c2c(cc1)c1ccccc1n2-c1cc(-c2ccccc2-c2ccccc2)ccn1.[Pt]. The molecule has 11 rings (SSSR count). The Bertz CT molecular complexity index is 3380. The smallest absolute Gasteiger partial charge is 0.168 e. The van der Waals surface area contributed by atoms with Crippen LogP contribution in [0.5, 0.6) is 0 Å². The van der Waals surface area contributed by atoms with Crippen LogP contribution in [0.15, 0.2) is 207 Å². The molecule has 11 aromatic rings. The number of benzene rings is 8. The molecule has 0 saturated carbocycles. The van der Waals surface area contributed by atoms with Crippen molar-refractivity contribution < 1.29 is 21.1 Å². The number of pyridine rings is 1. The van der Waals surface area contributed by atoms with Gasteiger partial charge in [-0.1, -0.05) is 144 Å². The van der Waals surface area contributed by atoms with Gasteiger partial charge in [0.2, 0.25) is 0 Å². The molecular formula is C56H40N5Pt-. The average Bonchev–Trinajstić information content (AvgIpc) is 3.87. The van der Waals surface area contributed by atoms with E-state index in [2.05, 4.69) is 245 Å². The molecule has 6 heteroatoms. The minimum absolute atomic E-state index is 0. The summed E-state index contributed by atoms with van der Waals surface area (Å²) < 4.78 is 6.73. The summed E-state index contributed by atoms with van der Waals surface area (Å²) in [5.74, 6) is 0.832. The van der Waals surface area contributed by atoms with Gasteiger partial charge in [0.05, 0.1) is 0 Å². The van der Waals surface area contributed by atoms with E-state index in [1.807, 2.05) is 6.20 Å². The van der Waals surface area contributed by atoms with Gasteiger partial charge in [0.15, 0.2) is 17.4 Å². The summed E-state index contributed by atoms with van der Waals surface area (Å²) in [6.45, 7) is 4.36. The van der Waals surface area contributed by atoms with Crippen LogP contribution in [0, 0.1) is 26.0 Å². The second-order valence-corrected chi connectivity index (χ2v) is 15.4. The zero-order chi connectivity index (χ0) is 40.9. The van der Waals surface area contributed by atoms with E-state index in [0.29, 0.717) is 0 Å². The Morgan fingerprint density at radius 3 is 1.87 bits per heavy atom. The summed E-state index contributed by atoms with van der Waals surface area (Å²) in [5.41, 5.74) is 16.1. The molecule has 0 N–H and O–H groups in total. The first-order valence-electron chi connectivity index (χ1n) is 20.6. The number of hydrogen-bond donors (Lipinski definition) is 0. The number of hydrogen-bond acceptors (Lipinski definition) is 2. The summed E-state index contributed by atoms with van der Waals surface area (Å²) in [7, 11) is 0. The molecule has 0 unspecified atom stereocenters. The summed E-state index contributed by atoms with van der Waals surface area (Å²) in [6.07, 6.45) is 4.09. The van der Waals surface area contributed by atoms with E-state index in [-0.39, 0.29) is 21.1 Å². The topological polar surface area (TPSA) is 30.9 Å². The molecule has 0 radical (unpaired) electrons. The first-order chi connectivity index (χ1) is 30.1. The van der Waals surface area contributed by atoms with Crippen molar-refractivity contribution in [2.24, 2.45) is 0 Å². The molecule has 0 amide bonds. The minimum Gasteiger partial charge on any atom is -0.357 e. The fourth-order valence-corrected chi connectivity index (χ4v) is 8.91. The van der Waals surface area contributed by atoms with E-state index in [4.69, 9.17) is 4.98 Å². The van der Waals surface area contributed by atoms with Gasteiger partial charge in [-0.05, 0) is 82.9 Å². The maximum absolute atomic E-state index is 5.04. The third kappa shape index (κ3) is 6.72. The summed E-state index contributed by atoms with van der Waals surface area (Å²) in [6, 6.07) is 76.2. The Labute approximate surface area is 375 Å². The molecular weight excluding hydrogens is 938 g/mol. The van der Waals surface area contributed by atoms with Crippen molar-refractivity contribution in [1.29, 1.82) is 0 Å². The van der Waals surface area contributed by atoms with Gasteiger partial charge in [-0.2, -0.15) is 16.7 Å². The average molecular weight is 978 g/mol. The van der Waals surface area contributed by atoms with Gasteiger partial charge in [0.25, 0.3) is 0 Å². The first-order valence-corrected chi connectivity index (χ1v) is 20.6. The van der Waals surface area contributed by atoms with E-state index in [9.17, 15) is 0 Å².